The predicted octanol–water partition coefficient (Wildman–Crippen LogP) is 2.08. The predicted molar refractivity (Wildman–Crippen MR) is 80.6 cm³/mol. The molecule has 1 aromatic carbocycles. The normalized spacial score (nSPS) is 14.2. The summed E-state index contributed by atoms with van der Waals surface area (Å²) in [7, 11) is 0. The molecule has 0 aliphatic carbocycles. The van der Waals surface area contributed by atoms with E-state index < -0.39 is 0 Å². The van der Waals surface area contributed by atoms with E-state index in [4.69, 9.17) is 0 Å². The van der Waals surface area contributed by atoms with Crippen LogP contribution in [0.2, 0.25) is 0 Å². The van der Waals surface area contributed by atoms with Crippen molar-refractivity contribution in [3.63, 3.8) is 0 Å². The van der Waals surface area contributed by atoms with Gasteiger partial charge in [-0.15, -0.1) is 12.4 Å². The van der Waals surface area contributed by atoms with Crippen molar-refractivity contribution in [3.8, 4) is 0 Å². The standard InChI is InChI=1S/C15H20N2O.ClH/c18-15(7-6-13-4-2-1-3-5-13)17-12-14-8-10-16-11-9-14;/h1-5,8,16H,6-7,9-12H2,(H,17,18);1H. The third-order valence-electron chi connectivity index (χ3n) is 3.15. The molecule has 104 valence electrons. The zero-order valence-corrected chi connectivity index (χ0v) is 11.8. The molecule has 0 unspecified atom stereocenters. The third kappa shape index (κ3) is 5.90. The van der Waals surface area contributed by atoms with Crippen molar-refractivity contribution in [3.05, 3.63) is 47.5 Å². The fraction of sp³-hybridized carbons (Fsp3) is 0.400. The Morgan fingerprint density at radius 2 is 2.05 bits per heavy atom. The van der Waals surface area contributed by atoms with Gasteiger partial charge >= 0.3 is 0 Å². The Morgan fingerprint density at radius 1 is 1.26 bits per heavy atom. The molecule has 0 radical (unpaired) electrons. The number of hydrogen-bond acceptors (Lipinski definition) is 2. The molecule has 0 spiro atoms. The minimum Gasteiger partial charge on any atom is -0.352 e. The molecule has 2 N–H and O–H groups in total. The molecule has 0 saturated heterocycles. The fourth-order valence-electron chi connectivity index (χ4n) is 2.03. The van der Waals surface area contributed by atoms with Crippen molar-refractivity contribution in [2.75, 3.05) is 19.6 Å². The van der Waals surface area contributed by atoms with Crippen LogP contribution in [0.15, 0.2) is 42.0 Å². The number of rotatable bonds is 5. The lowest BCUT2D eigenvalue weighted by Crippen LogP contribution is -2.29. The van der Waals surface area contributed by atoms with Gasteiger partial charge in [0.1, 0.15) is 0 Å². The summed E-state index contributed by atoms with van der Waals surface area (Å²) in [5.74, 6) is 0.137. The molecule has 1 aliphatic rings. The molecule has 0 atom stereocenters. The SMILES string of the molecule is Cl.O=C(CCc1ccccc1)NCC1=CCNCC1. The first-order valence-corrected chi connectivity index (χ1v) is 6.54. The highest BCUT2D eigenvalue weighted by molar-refractivity contribution is 5.85. The maximum atomic E-state index is 11.7. The van der Waals surface area contributed by atoms with E-state index in [0.29, 0.717) is 13.0 Å². The quantitative estimate of drug-likeness (QED) is 0.811. The molecular weight excluding hydrogens is 260 g/mol. The summed E-state index contributed by atoms with van der Waals surface area (Å²) in [6.45, 7) is 2.65. The van der Waals surface area contributed by atoms with Crippen LogP contribution in [0.3, 0.4) is 0 Å². The Labute approximate surface area is 120 Å². The van der Waals surface area contributed by atoms with Gasteiger partial charge in [-0.05, 0) is 24.9 Å². The third-order valence-corrected chi connectivity index (χ3v) is 3.15. The highest BCUT2D eigenvalue weighted by Gasteiger charge is 2.05. The minimum absolute atomic E-state index is 0. The van der Waals surface area contributed by atoms with Gasteiger partial charge in [-0.1, -0.05) is 42.0 Å². The molecule has 0 bridgehead atoms. The largest absolute Gasteiger partial charge is 0.352 e. The van der Waals surface area contributed by atoms with Gasteiger partial charge in [0.15, 0.2) is 0 Å². The molecule has 3 nitrogen and oxygen atoms in total. The van der Waals surface area contributed by atoms with Gasteiger partial charge in [0.05, 0.1) is 0 Å². The highest BCUT2D eigenvalue weighted by Crippen LogP contribution is 2.04. The first kappa shape index (κ1) is 15.7. The highest BCUT2D eigenvalue weighted by atomic mass is 35.5. The maximum absolute atomic E-state index is 11.7. The summed E-state index contributed by atoms with van der Waals surface area (Å²) in [6, 6.07) is 10.1. The van der Waals surface area contributed by atoms with E-state index in [1.807, 2.05) is 18.2 Å². The average molecular weight is 281 g/mol. The van der Waals surface area contributed by atoms with Crippen LogP contribution < -0.4 is 10.6 Å². The first-order chi connectivity index (χ1) is 8.84. The zero-order chi connectivity index (χ0) is 12.6. The van der Waals surface area contributed by atoms with Gasteiger partial charge in [-0.2, -0.15) is 0 Å². The van der Waals surface area contributed by atoms with E-state index >= 15 is 0 Å². The Hall–Kier alpha value is -1.32. The van der Waals surface area contributed by atoms with Crippen LogP contribution >= 0.6 is 12.4 Å². The van der Waals surface area contributed by atoms with Gasteiger partial charge in [0, 0.05) is 19.5 Å². The van der Waals surface area contributed by atoms with Crippen molar-refractivity contribution in [1.82, 2.24) is 10.6 Å². The Balaban J connectivity index is 0.00000180. The van der Waals surface area contributed by atoms with Crippen molar-refractivity contribution < 1.29 is 4.79 Å². The maximum Gasteiger partial charge on any atom is 0.220 e. The van der Waals surface area contributed by atoms with Gasteiger partial charge < -0.3 is 10.6 Å². The van der Waals surface area contributed by atoms with Crippen molar-refractivity contribution in [2.24, 2.45) is 0 Å². The van der Waals surface area contributed by atoms with Gasteiger partial charge in [0.2, 0.25) is 5.91 Å². The fourth-order valence-corrected chi connectivity index (χ4v) is 2.03. The zero-order valence-electron chi connectivity index (χ0n) is 11.0. The molecule has 1 heterocycles. The summed E-state index contributed by atoms with van der Waals surface area (Å²) in [6.07, 6.45) is 4.59. The topological polar surface area (TPSA) is 41.1 Å². The lowest BCUT2D eigenvalue weighted by molar-refractivity contribution is -0.120. The molecule has 1 aromatic rings. The number of carbonyl (C=O) groups is 1. The Morgan fingerprint density at radius 3 is 2.74 bits per heavy atom. The van der Waals surface area contributed by atoms with Crippen molar-refractivity contribution in [2.45, 2.75) is 19.3 Å². The lowest BCUT2D eigenvalue weighted by atomic mass is 10.1. The molecule has 19 heavy (non-hydrogen) atoms. The lowest BCUT2D eigenvalue weighted by Gasteiger charge is -2.14. The van der Waals surface area contributed by atoms with Gasteiger partial charge in [0.25, 0.3) is 0 Å². The van der Waals surface area contributed by atoms with Crippen molar-refractivity contribution >= 4 is 18.3 Å². The van der Waals surface area contributed by atoms with Crippen LogP contribution in [0, 0.1) is 0 Å². The molecule has 0 fully saturated rings. The van der Waals surface area contributed by atoms with Crippen LogP contribution in [0.5, 0.6) is 0 Å². The molecule has 1 aliphatic heterocycles. The molecule has 4 heteroatoms. The summed E-state index contributed by atoms with van der Waals surface area (Å²) in [5.41, 5.74) is 2.55. The van der Waals surface area contributed by atoms with Crippen LogP contribution in [-0.4, -0.2) is 25.5 Å². The van der Waals surface area contributed by atoms with E-state index in [1.165, 1.54) is 11.1 Å². The number of benzene rings is 1. The second kappa shape index (κ2) is 8.73. The summed E-state index contributed by atoms with van der Waals surface area (Å²) < 4.78 is 0. The van der Waals surface area contributed by atoms with Crippen LogP contribution in [0.4, 0.5) is 0 Å². The van der Waals surface area contributed by atoms with E-state index in [1.54, 1.807) is 0 Å². The van der Waals surface area contributed by atoms with E-state index in [0.717, 1.165) is 25.9 Å². The monoisotopic (exact) mass is 280 g/mol. The van der Waals surface area contributed by atoms with E-state index in [9.17, 15) is 4.79 Å². The van der Waals surface area contributed by atoms with Crippen LogP contribution in [0.1, 0.15) is 18.4 Å². The smallest absolute Gasteiger partial charge is 0.220 e. The number of carbonyl (C=O) groups excluding carboxylic acids is 1. The summed E-state index contributed by atoms with van der Waals surface area (Å²) in [4.78, 5) is 11.7. The number of hydrogen-bond donors (Lipinski definition) is 2. The van der Waals surface area contributed by atoms with E-state index in [-0.39, 0.29) is 18.3 Å². The number of aryl methyl sites for hydroxylation is 1. The average Bonchev–Trinajstić information content (AvgIpc) is 2.45. The number of amides is 1. The summed E-state index contributed by atoms with van der Waals surface area (Å²) >= 11 is 0. The van der Waals surface area contributed by atoms with E-state index in [2.05, 4.69) is 28.8 Å². The molecule has 1 amide bonds. The Bertz CT molecular complexity index is 417. The molecule has 0 aromatic heterocycles. The summed E-state index contributed by atoms with van der Waals surface area (Å²) in [5, 5.41) is 6.25. The van der Waals surface area contributed by atoms with Crippen molar-refractivity contribution in [1.29, 1.82) is 0 Å². The van der Waals surface area contributed by atoms with Gasteiger partial charge in [-0.3, -0.25) is 4.79 Å². The number of halogens is 1. The Kier molecular flexibility index (Phi) is 7.23. The molecular formula is C15H21ClN2O. The number of nitrogens with one attached hydrogen (secondary N) is 2. The second-order valence-electron chi connectivity index (χ2n) is 4.58. The van der Waals surface area contributed by atoms with Crippen LogP contribution in [0.25, 0.3) is 0 Å². The first-order valence-electron chi connectivity index (χ1n) is 6.54. The van der Waals surface area contributed by atoms with Gasteiger partial charge in [-0.25, -0.2) is 0 Å². The molecule has 0 saturated carbocycles. The second-order valence-corrected chi connectivity index (χ2v) is 4.58. The van der Waals surface area contributed by atoms with Crippen LogP contribution in [-0.2, 0) is 11.2 Å². The molecule has 2 rings (SSSR count). The minimum atomic E-state index is 0.